The van der Waals surface area contributed by atoms with E-state index >= 15 is 0 Å². The van der Waals surface area contributed by atoms with Gasteiger partial charge >= 0.3 is 0 Å². The Labute approximate surface area is 57.4 Å². The van der Waals surface area contributed by atoms with Crippen molar-refractivity contribution in [1.82, 2.24) is 0 Å². The zero-order chi connectivity index (χ0) is 6.69. The van der Waals surface area contributed by atoms with Crippen LogP contribution >= 0.6 is 0 Å². The Hall–Kier alpha value is -0.0400. The van der Waals surface area contributed by atoms with Crippen molar-refractivity contribution in [1.29, 1.82) is 0 Å². The molecule has 0 bridgehead atoms. The summed E-state index contributed by atoms with van der Waals surface area (Å²) < 4.78 is 5.33. The van der Waals surface area contributed by atoms with Gasteiger partial charge in [0.1, 0.15) is 0 Å². The molecule has 0 aromatic heterocycles. The Morgan fingerprint density at radius 1 is 1.78 bits per heavy atom. The van der Waals surface area contributed by atoms with Crippen LogP contribution in [0.2, 0.25) is 0 Å². The van der Waals surface area contributed by atoms with Crippen molar-refractivity contribution in [2.45, 2.75) is 32.3 Å². The highest BCUT2D eigenvalue weighted by Gasteiger charge is 2.25. The van der Waals surface area contributed by atoms with Crippen molar-refractivity contribution in [3.63, 3.8) is 0 Å². The number of ether oxygens (including phenoxy) is 1. The molecule has 1 aliphatic heterocycles. The van der Waals surface area contributed by atoms with Crippen LogP contribution in [0.25, 0.3) is 0 Å². The van der Waals surface area contributed by atoms with E-state index in [0.29, 0.717) is 6.10 Å². The standard InChI is InChI=1S/C8H15O/c1-3-7(4-2)8-5-6-9-8/h7-8H,1,3-6H2,2H3. The summed E-state index contributed by atoms with van der Waals surface area (Å²) in [4.78, 5) is 0. The largest absolute Gasteiger partial charge is 0.378 e. The molecule has 9 heavy (non-hydrogen) atoms. The van der Waals surface area contributed by atoms with Crippen LogP contribution in [0.3, 0.4) is 0 Å². The first-order valence-corrected chi connectivity index (χ1v) is 3.79. The van der Waals surface area contributed by atoms with Gasteiger partial charge in [-0.15, -0.1) is 0 Å². The SMILES string of the molecule is [CH2]CC(CC)C1CCO1. The van der Waals surface area contributed by atoms with Gasteiger partial charge in [0.05, 0.1) is 6.10 Å². The summed E-state index contributed by atoms with van der Waals surface area (Å²) in [6, 6.07) is 0. The molecule has 2 atom stereocenters. The molecule has 0 aromatic carbocycles. The van der Waals surface area contributed by atoms with E-state index in [2.05, 4.69) is 13.8 Å². The molecule has 1 saturated heterocycles. The lowest BCUT2D eigenvalue weighted by Crippen LogP contribution is -2.33. The van der Waals surface area contributed by atoms with Crippen molar-refractivity contribution in [3.05, 3.63) is 6.92 Å². The molecule has 0 aromatic rings. The maximum Gasteiger partial charge on any atom is 0.0625 e. The quantitative estimate of drug-likeness (QED) is 0.563. The van der Waals surface area contributed by atoms with Gasteiger partial charge in [-0.25, -0.2) is 0 Å². The average molecular weight is 127 g/mol. The average Bonchev–Trinajstić information content (AvgIpc) is 1.78. The van der Waals surface area contributed by atoms with Crippen LogP contribution in [0.15, 0.2) is 0 Å². The van der Waals surface area contributed by atoms with Gasteiger partial charge in [0.25, 0.3) is 0 Å². The smallest absolute Gasteiger partial charge is 0.0625 e. The van der Waals surface area contributed by atoms with Crippen molar-refractivity contribution in [2.24, 2.45) is 5.92 Å². The fourth-order valence-corrected chi connectivity index (χ4v) is 1.28. The van der Waals surface area contributed by atoms with Gasteiger partial charge in [-0.1, -0.05) is 20.3 Å². The van der Waals surface area contributed by atoms with Crippen LogP contribution < -0.4 is 0 Å². The van der Waals surface area contributed by atoms with Crippen LogP contribution in [-0.4, -0.2) is 12.7 Å². The Balaban J connectivity index is 2.19. The molecule has 1 radical (unpaired) electrons. The molecular formula is C8H15O. The lowest BCUT2D eigenvalue weighted by molar-refractivity contribution is -0.0848. The lowest BCUT2D eigenvalue weighted by atomic mass is 9.92. The third-order valence-electron chi connectivity index (χ3n) is 2.16. The minimum Gasteiger partial charge on any atom is -0.378 e. The highest BCUT2D eigenvalue weighted by Crippen LogP contribution is 2.24. The van der Waals surface area contributed by atoms with Gasteiger partial charge in [-0.3, -0.25) is 0 Å². The van der Waals surface area contributed by atoms with E-state index in [4.69, 9.17) is 4.74 Å². The van der Waals surface area contributed by atoms with Gasteiger partial charge in [0.2, 0.25) is 0 Å². The van der Waals surface area contributed by atoms with Gasteiger partial charge in [0.15, 0.2) is 0 Å². The summed E-state index contributed by atoms with van der Waals surface area (Å²) in [6.07, 6.45) is 4.05. The second kappa shape index (κ2) is 3.21. The maximum atomic E-state index is 5.33. The monoisotopic (exact) mass is 127 g/mol. The highest BCUT2D eigenvalue weighted by atomic mass is 16.5. The topological polar surface area (TPSA) is 9.23 Å². The predicted molar refractivity (Wildman–Crippen MR) is 38.1 cm³/mol. The molecule has 0 N–H and O–H groups in total. The van der Waals surface area contributed by atoms with Crippen LogP contribution in [0.5, 0.6) is 0 Å². The van der Waals surface area contributed by atoms with Crippen molar-refractivity contribution >= 4 is 0 Å². The molecule has 1 aliphatic rings. The molecule has 1 heterocycles. The van der Waals surface area contributed by atoms with E-state index in [1.54, 1.807) is 0 Å². The molecule has 1 rings (SSSR count). The van der Waals surface area contributed by atoms with E-state index < -0.39 is 0 Å². The van der Waals surface area contributed by atoms with Gasteiger partial charge < -0.3 is 4.74 Å². The van der Waals surface area contributed by atoms with Crippen LogP contribution in [-0.2, 0) is 4.74 Å². The normalized spacial score (nSPS) is 26.3. The summed E-state index contributed by atoms with van der Waals surface area (Å²) in [6.45, 7) is 7.06. The maximum absolute atomic E-state index is 5.33. The van der Waals surface area contributed by atoms with Crippen molar-refractivity contribution in [3.8, 4) is 0 Å². The summed E-state index contributed by atoms with van der Waals surface area (Å²) in [5, 5.41) is 0. The van der Waals surface area contributed by atoms with E-state index in [0.717, 1.165) is 18.9 Å². The Morgan fingerprint density at radius 2 is 2.44 bits per heavy atom. The minimum absolute atomic E-state index is 0.549. The van der Waals surface area contributed by atoms with E-state index in [-0.39, 0.29) is 0 Å². The second-order valence-corrected chi connectivity index (χ2v) is 2.65. The van der Waals surface area contributed by atoms with Crippen LogP contribution in [0.1, 0.15) is 26.2 Å². The molecule has 1 fully saturated rings. The molecule has 0 aliphatic carbocycles. The Morgan fingerprint density at radius 3 is 2.56 bits per heavy atom. The first-order chi connectivity index (χ1) is 4.38. The molecule has 1 heteroatoms. The third-order valence-corrected chi connectivity index (χ3v) is 2.16. The van der Waals surface area contributed by atoms with Crippen LogP contribution in [0.4, 0.5) is 0 Å². The molecule has 0 saturated carbocycles. The van der Waals surface area contributed by atoms with E-state index in [1.165, 1.54) is 12.8 Å². The van der Waals surface area contributed by atoms with Crippen molar-refractivity contribution in [2.75, 3.05) is 6.61 Å². The van der Waals surface area contributed by atoms with E-state index in [9.17, 15) is 0 Å². The van der Waals surface area contributed by atoms with Gasteiger partial charge in [-0.2, -0.15) is 0 Å². The molecule has 53 valence electrons. The summed E-state index contributed by atoms with van der Waals surface area (Å²) in [5.41, 5.74) is 0. The molecule has 2 unspecified atom stereocenters. The first-order valence-electron chi connectivity index (χ1n) is 3.79. The Bertz CT molecular complexity index is 72.6. The minimum atomic E-state index is 0.549. The molecule has 1 nitrogen and oxygen atoms in total. The fraction of sp³-hybridized carbons (Fsp3) is 0.875. The van der Waals surface area contributed by atoms with Crippen molar-refractivity contribution < 1.29 is 4.74 Å². The van der Waals surface area contributed by atoms with Gasteiger partial charge in [-0.05, 0) is 18.8 Å². The number of hydrogen-bond donors (Lipinski definition) is 0. The number of rotatable bonds is 3. The zero-order valence-electron chi connectivity index (χ0n) is 6.10. The summed E-state index contributed by atoms with van der Waals surface area (Å²) in [5.74, 6) is 0.721. The summed E-state index contributed by atoms with van der Waals surface area (Å²) >= 11 is 0. The Kier molecular flexibility index (Phi) is 2.52. The van der Waals surface area contributed by atoms with E-state index in [1.807, 2.05) is 0 Å². The second-order valence-electron chi connectivity index (χ2n) is 2.65. The predicted octanol–water partition coefficient (Wildman–Crippen LogP) is 2.03. The first kappa shape index (κ1) is 7.07. The fourth-order valence-electron chi connectivity index (χ4n) is 1.28. The molecular weight excluding hydrogens is 112 g/mol. The third kappa shape index (κ3) is 1.45. The van der Waals surface area contributed by atoms with Gasteiger partial charge in [0, 0.05) is 6.61 Å². The zero-order valence-corrected chi connectivity index (χ0v) is 6.10. The van der Waals surface area contributed by atoms with Crippen LogP contribution in [0, 0.1) is 12.8 Å². The highest BCUT2D eigenvalue weighted by molar-refractivity contribution is 4.75. The summed E-state index contributed by atoms with van der Waals surface area (Å²) in [7, 11) is 0. The molecule has 0 spiro atoms. The molecule has 0 amide bonds. The number of hydrogen-bond acceptors (Lipinski definition) is 1. The lowest BCUT2D eigenvalue weighted by Gasteiger charge is -2.32.